The molecule has 2 aromatic rings. The molecule has 2 rings (SSSR count). The highest BCUT2D eigenvalue weighted by Crippen LogP contribution is 2.17. The zero-order chi connectivity index (χ0) is 15.8. The summed E-state index contributed by atoms with van der Waals surface area (Å²) in [4.78, 5) is 11.8. The first kappa shape index (κ1) is 15.5. The van der Waals surface area contributed by atoms with Crippen LogP contribution in [-0.2, 0) is 9.53 Å². The van der Waals surface area contributed by atoms with Crippen molar-refractivity contribution in [2.45, 2.75) is 6.92 Å². The van der Waals surface area contributed by atoms with Crippen molar-refractivity contribution >= 4 is 17.8 Å². The Bertz CT molecular complexity index is 695. The maximum absolute atomic E-state index is 11.8. The summed E-state index contributed by atoms with van der Waals surface area (Å²) in [6.45, 7) is 5.24. The molecule has 2 nitrogen and oxygen atoms in total. The van der Waals surface area contributed by atoms with E-state index in [1.165, 1.54) is 0 Å². The summed E-state index contributed by atoms with van der Waals surface area (Å²) in [6.07, 6.45) is 5.60. The summed E-state index contributed by atoms with van der Waals surface area (Å²) in [5.41, 5.74) is 2.29. The van der Waals surface area contributed by atoms with Crippen LogP contribution in [0.3, 0.4) is 0 Å². The van der Waals surface area contributed by atoms with Crippen LogP contribution in [0, 0.1) is 0 Å². The lowest BCUT2D eigenvalue weighted by Crippen LogP contribution is -2.04. The molecule has 0 aliphatic rings. The van der Waals surface area contributed by atoms with E-state index in [0.29, 0.717) is 11.3 Å². The van der Waals surface area contributed by atoms with Gasteiger partial charge in [-0.05, 0) is 18.6 Å². The summed E-state index contributed by atoms with van der Waals surface area (Å²) in [5, 5.41) is 0. The highest BCUT2D eigenvalue weighted by Gasteiger charge is 2.09. The molecule has 0 aromatic heterocycles. The average Bonchev–Trinajstić information content (AvgIpc) is 2.55. The summed E-state index contributed by atoms with van der Waals surface area (Å²) in [5.74, 6) is 0.0731. The van der Waals surface area contributed by atoms with Crippen LogP contribution in [0.1, 0.15) is 18.1 Å². The third-order valence-corrected chi connectivity index (χ3v) is 2.95. The molecule has 0 unspecified atom stereocenters. The number of benzene rings is 2. The van der Waals surface area contributed by atoms with Crippen molar-refractivity contribution in [2.75, 3.05) is 0 Å². The number of esters is 1. The van der Waals surface area contributed by atoms with E-state index in [2.05, 4.69) is 6.58 Å². The van der Waals surface area contributed by atoms with Gasteiger partial charge in [0.1, 0.15) is 5.76 Å². The molecular weight excluding hydrogens is 272 g/mol. The van der Waals surface area contributed by atoms with Gasteiger partial charge in [0.25, 0.3) is 0 Å². The van der Waals surface area contributed by atoms with E-state index in [0.717, 1.165) is 11.1 Å². The summed E-state index contributed by atoms with van der Waals surface area (Å²) in [7, 11) is 0. The van der Waals surface area contributed by atoms with E-state index in [-0.39, 0.29) is 0 Å². The molecule has 0 bridgehead atoms. The topological polar surface area (TPSA) is 26.3 Å². The van der Waals surface area contributed by atoms with E-state index >= 15 is 0 Å². The third kappa shape index (κ3) is 4.60. The SMILES string of the molecule is C=C(C)C(=O)O/C(=C/C=C/c1ccccc1)c1ccccc1. The molecule has 22 heavy (non-hydrogen) atoms. The standard InChI is InChI=1S/C20H18O2/c1-16(2)20(21)22-19(18-13-7-4-8-14-18)15-9-12-17-10-5-3-6-11-17/h3-15H,1H2,2H3/b12-9+,19-15+. The van der Waals surface area contributed by atoms with Gasteiger partial charge in [-0.2, -0.15) is 0 Å². The highest BCUT2D eigenvalue weighted by molar-refractivity contribution is 5.91. The fraction of sp³-hybridized carbons (Fsp3) is 0.0500. The van der Waals surface area contributed by atoms with E-state index in [1.807, 2.05) is 72.8 Å². The molecule has 0 N–H and O–H groups in total. The second kappa shape index (κ2) is 7.79. The van der Waals surface area contributed by atoms with Crippen LogP contribution in [0.5, 0.6) is 0 Å². The first-order valence-electron chi connectivity index (χ1n) is 7.03. The van der Waals surface area contributed by atoms with E-state index in [9.17, 15) is 4.79 Å². The second-order valence-electron chi connectivity index (χ2n) is 4.84. The van der Waals surface area contributed by atoms with Gasteiger partial charge in [-0.1, -0.05) is 79.4 Å². The maximum Gasteiger partial charge on any atom is 0.338 e. The molecule has 0 heterocycles. The molecule has 0 fully saturated rings. The van der Waals surface area contributed by atoms with E-state index in [1.54, 1.807) is 13.0 Å². The van der Waals surface area contributed by atoms with Crippen molar-refractivity contribution in [3.63, 3.8) is 0 Å². The minimum Gasteiger partial charge on any atom is -0.423 e. The highest BCUT2D eigenvalue weighted by atomic mass is 16.5. The Morgan fingerprint density at radius 1 is 1.00 bits per heavy atom. The van der Waals surface area contributed by atoms with E-state index in [4.69, 9.17) is 4.74 Å². The quantitative estimate of drug-likeness (QED) is 0.340. The molecule has 0 atom stereocenters. The Kier molecular flexibility index (Phi) is 5.50. The molecule has 0 saturated heterocycles. The zero-order valence-electron chi connectivity index (χ0n) is 12.5. The molecule has 0 radical (unpaired) electrons. The van der Waals surface area contributed by atoms with Crippen LogP contribution >= 0.6 is 0 Å². The zero-order valence-corrected chi connectivity index (χ0v) is 12.5. The number of carbonyl (C=O) groups is 1. The van der Waals surface area contributed by atoms with Gasteiger partial charge in [-0.25, -0.2) is 4.79 Å². The lowest BCUT2D eigenvalue weighted by molar-refractivity contribution is -0.132. The van der Waals surface area contributed by atoms with Gasteiger partial charge in [0, 0.05) is 11.1 Å². The van der Waals surface area contributed by atoms with Gasteiger partial charge in [-0.3, -0.25) is 0 Å². The average molecular weight is 290 g/mol. The van der Waals surface area contributed by atoms with Crippen molar-refractivity contribution in [3.05, 3.63) is 96.1 Å². The number of rotatable bonds is 5. The fourth-order valence-electron chi connectivity index (χ4n) is 1.79. The van der Waals surface area contributed by atoms with Crippen molar-refractivity contribution in [3.8, 4) is 0 Å². The van der Waals surface area contributed by atoms with E-state index < -0.39 is 5.97 Å². The molecule has 2 aromatic carbocycles. The van der Waals surface area contributed by atoms with Gasteiger partial charge in [0.05, 0.1) is 0 Å². The first-order valence-corrected chi connectivity index (χ1v) is 7.03. The lowest BCUT2D eigenvalue weighted by Gasteiger charge is -2.08. The first-order chi connectivity index (χ1) is 10.7. The molecule has 2 heteroatoms. The van der Waals surface area contributed by atoms with Crippen LogP contribution in [-0.4, -0.2) is 5.97 Å². The number of ether oxygens (including phenoxy) is 1. The largest absolute Gasteiger partial charge is 0.423 e. The predicted molar refractivity (Wildman–Crippen MR) is 90.8 cm³/mol. The summed E-state index contributed by atoms with van der Waals surface area (Å²) in [6, 6.07) is 19.4. The Morgan fingerprint density at radius 2 is 1.59 bits per heavy atom. The molecular formula is C20H18O2. The molecule has 0 saturated carbocycles. The second-order valence-corrected chi connectivity index (χ2v) is 4.84. The minimum atomic E-state index is -0.428. The normalized spacial score (nSPS) is 11.4. The Labute approximate surface area is 131 Å². The molecule has 0 aliphatic carbocycles. The number of carbonyl (C=O) groups excluding carboxylic acids is 1. The van der Waals surface area contributed by atoms with Crippen molar-refractivity contribution in [2.24, 2.45) is 0 Å². The smallest absolute Gasteiger partial charge is 0.338 e. The van der Waals surface area contributed by atoms with Gasteiger partial charge < -0.3 is 4.74 Å². The van der Waals surface area contributed by atoms with Crippen molar-refractivity contribution < 1.29 is 9.53 Å². The summed E-state index contributed by atoms with van der Waals surface area (Å²) >= 11 is 0. The van der Waals surface area contributed by atoms with Gasteiger partial charge >= 0.3 is 5.97 Å². The van der Waals surface area contributed by atoms with Crippen LogP contribution in [0.25, 0.3) is 11.8 Å². The van der Waals surface area contributed by atoms with Gasteiger partial charge in [-0.15, -0.1) is 0 Å². The maximum atomic E-state index is 11.8. The van der Waals surface area contributed by atoms with Gasteiger partial charge in [0.15, 0.2) is 0 Å². The minimum absolute atomic E-state index is 0.369. The van der Waals surface area contributed by atoms with Gasteiger partial charge in [0.2, 0.25) is 0 Å². The molecule has 0 amide bonds. The van der Waals surface area contributed by atoms with Crippen LogP contribution in [0.2, 0.25) is 0 Å². The van der Waals surface area contributed by atoms with Crippen molar-refractivity contribution in [1.29, 1.82) is 0 Å². The Hall–Kier alpha value is -2.87. The molecule has 0 spiro atoms. The number of hydrogen-bond acceptors (Lipinski definition) is 2. The predicted octanol–water partition coefficient (Wildman–Crippen LogP) is 4.86. The third-order valence-electron chi connectivity index (χ3n) is 2.95. The van der Waals surface area contributed by atoms with Crippen LogP contribution < -0.4 is 0 Å². The Morgan fingerprint density at radius 3 is 2.18 bits per heavy atom. The lowest BCUT2D eigenvalue weighted by atomic mass is 10.1. The van der Waals surface area contributed by atoms with Crippen LogP contribution in [0.15, 0.2) is 85.0 Å². The Balaban J connectivity index is 2.24. The number of hydrogen-bond donors (Lipinski definition) is 0. The summed E-state index contributed by atoms with van der Waals surface area (Å²) < 4.78 is 5.41. The van der Waals surface area contributed by atoms with Crippen molar-refractivity contribution in [1.82, 2.24) is 0 Å². The fourth-order valence-corrected chi connectivity index (χ4v) is 1.79. The van der Waals surface area contributed by atoms with Crippen LogP contribution in [0.4, 0.5) is 0 Å². The molecule has 110 valence electrons. The monoisotopic (exact) mass is 290 g/mol. The number of allylic oxidation sites excluding steroid dienone is 2. The molecule has 0 aliphatic heterocycles.